The van der Waals surface area contributed by atoms with Gasteiger partial charge in [-0.2, -0.15) is 0 Å². The summed E-state index contributed by atoms with van der Waals surface area (Å²) in [5.41, 5.74) is 0. The van der Waals surface area contributed by atoms with Crippen molar-refractivity contribution in [3.8, 4) is 5.75 Å². The summed E-state index contributed by atoms with van der Waals surface area (Å²) >= 11 is 0. The Morgan fingerprint density at radius 3 is 2.67 bits per heavy atom. The van der Waals surface area contributed by atoms with Gasteiger partial charge in [0, 0.05) is 19.8 Å². The molecule has 0 saturated carbocycles. The van der Waals surface area contributed by atoms with Crippen LogP contribution in [-0.4, -0.2) is 20.3 Å². The fraction of sp³-hybridized carbons (Fsp3) is 0.500. The summed E-state index contributed by atoms with van der Waals surface area (Å²) in [6, 6.07) is 6.22. The minimum absolute atomic E-state index is 0.258. The van der Waals surface area contributed by atoms with E-state index in [1.165, 1.54) is 12.1 Å². The summed E-state index contributed by atoms with van der Waals surface area (Å²) in [5.74, 6) is 0.341. The van der Waals surface area contributed by atoms with Crippen molar-refractivity contribution in [2.24, 2.45) is 0 Å². The Labute approximate surface area is 90.0 Å². The van der Waals surface area contributed by atoms with E-state index in [1.54, 1.807) is 19.2 Å². The molecule has 0 atom stereocenters. The Balaban J connectivity index is 2.10. The molecular weight excluding hydrogens is 195 g/mol. The number of hydrogen-bond donors (Lipinski definition) is 0. The van der Waals surface area contributed by atoms with E-state index in [1.807, 2.05) is 0 Å². The molecule has 0 aliphatic rings. The van der Waals surface area contributed by atoms with Gasteiger partial charge in [0.25, 0.3) is 0 Å². The largest absolute Gasteiger partial charge is 0.493 e. The molecule has 0 saturated heterocycles. The highest BCUT2D eigenvalue weighted by molar-refractivity contribution is 5.22. The molecule has 0 radical (unpaired) electrons. The summed E-state index contributed by atoms with van der Waals surface area (Å²) in [6.07, 6.45) is 3.09. The highest BCUT2D eigenvalue weighted by Crippen LogP contribution is 2.12. The van der Waals surface area contributed by atoms with Crippen LogP contribution in [0.4, 0.5) is 4.39 Å². The summed E-state index contributed by atoms with van der Waals surface area (Å²) in [6.45, 7) is 1.42. The average Bonchev–Trinajstić information content (AvgIpc) is 2.23. The molecule has 0 amide bonds. The van der Waals surface area contributed by atoms with Gasteiger partial charge in [-0.15, -0.1) is 0 Å². The molecule has 3 heteroatoms. The van der Waals surface area contributed by atoms with Crippen molar-refractivity contribution >= 4 is 0 Å². The van der Waals surface area contributed by atoms with Gasteiger partial charge in [-0.05, 0) is 31.4 Å². The third-order valence-electron chi connectivity index (χ3n) is 2.06. The van der Waals surface area contributed by atoms with E-state index in [2.05, 4.69) is 0 Å². The molecule has 0 spiro atoms. The molecule has 0 aliphatic carbocycles. The van der Waals surface area contributed by atoms with Crippen LogP contribution in [0, 0.1) is 5.82 Å². The zero-order chi connectivity index (χ0) is 10.9. The smallest absolute Gasteiger partial charge is 0.126 e. The highest BCUT2D eigenvalue weighted by atomic mass is 19.1. The zero-order valence-electron chi connectivity index (χ0n) is 9.04. The van der Waals surface area contributed by atoms with Crippen LogP contribution in [0.15, 0.2) is 24.3 Å². The lowest BCUT2D eigenvalue weighted by Crippen LogP contribution is -1.98. The fourth-order valence-electron chi connectivity index (χ4n) is 1.27. The Bertz CT molecular complexity index is 276. The molecule has 1 rings (SSSR count). The van der Waals surface area contributed by atoms with E-state index in [-0.39, 0.29) is 5.82 Å². The molecule has 0 aliphatic heterocycles. The number of methoxy groups -OCH3 is 1. The summed E-state index contributed by atoms with van der Waals surface area (Å²) < 4.78 is 23.1. The van der Waals surface area contributed by atoms with Gasteiger partial charge in [0.15, 0.2) is 0 Å². The molecule has 0 fully saturated rings. The van der Waals surface area contributed by atoms with Crippen LogP contribution < -0.4 is 4.74 Å². The second-order valence-corrected chi connectivity index (χ2v) is 3.36. The molecule has 2 nitrogen and oxygen atoms in total. The van der Waals surface area contributed by atoms with E-state index in [0.29, 0.717) is 12.4 Å². The third-order valence-corrected chi connectivity index (χ3v) is 2.06. The van der Waals surface area contributed by atoms with E-state index in [9.17, 15) is 4.39 Å². The summed E-state index contributed by atoms with van der Waals surface area (Å²) in [5, 5.41) is 0. The first-order chi connectivity index (χ1) is 7.33. The van der Waals surface area contributed by atoms with Crippen LogP contribution in [0.2, 0.25) is 0 Å². The molecule has 0 heterocycles. The third kappa shape index (κ3) is 5.37. The van der Waals surface area contributed by atoms with Gasteiger partial charge in [0.1, 0.15) is 11.6 Å². The van der Waals surface area contributed by atoms with E-state index >= 15 is 0 Å². The van der Waals surface area contributed by atoms with E-state index in [0.717, 1.165) is 25.9 Å². The number of benzene rings is 1. The van der Waals surface area contributed by atoms with Crippen molar-refractivity contribution in [2.75, 3.05) is 20.3 Å². The summed E-state index contributed by atoms with van der Waals surface area (Å²) in [7, 11) is 1.70. The predicted molar refractivity (Wildman–Crippen MR) is 57.6 cm³/mol. The fourth-order valence-corrected chi connectivity index (χ4v) is 1.27. The second-order valence-electron chi connectivity index (χ2n) is 3.36. The van der Waals surface area contributed by atoms with Gasteiger partial charge in [0.05, 0.1) is 6.61 Å². The maximum atomic E-state index is 12.7. The zero-order valence-corrected chi connectivity index (χ0v) is 9.04. The Hall–Kier alpha value is -1.09. The molecular formula is C12H17FO2. The highest BCUT2D eigenvalue weighted by Gasteiger charge is 1.95. The monoisotopic (exact) mass is 212 g/mol. The first kappa shape index (κ1) is 12.0. The maximum Gasteiger partial charge on any atom is 0.126 e. The molecule has 1 aromatic rings. The number of ether oxygens (including phenoxy) is 2. The van der Waals surface area contributed by atoms with Gasteiger partial charge in [-0.3, -0.25) is 0 Å². The number of hydrogen-bond acceptors (Lipinski definition) is 2. The molecule has 0 unspecified atom stereocenters. The van der Waals surface area contributed by atoms with Gasteiger partial charge in [0.2, 0.25) is 0 Å². The van der Waals surface area contributed by atoms with Gasteiger partial charge >= 0.3 is 0 Å². The Kier molecular flexibility index (Phi) is 5.78. The van der Waals surface area contributed by atoms with Crippen molar-refractivity contribution in [1.82, 2.24) is 0 Å². The van der Waals surface area contributed by atoms with Crippen LogP contribution in [-0.2, 0) is 4.74 Å². The lowest BCUT2D eigenvalue weighted by atomic mass is 10.2. The van der Waals surface area contributed by atoms with E-state index in [4.69, 9.17) is 9.47 Å². The van der Waals surface area contributed by atoms with Crippen LogP contribution >= 0.6 is 0 Å². The lowest BCUT2D eigenvalue weighted by molar-refractivity contribution is 0.189. The quantitative estimate of drug-likeness (QED) is 0.647. The van der Waals surface area contributed by atoms with Crippen LogP contribution in [0.25, 0.3) is 0 Å². The normalized spacial score (nSPS) is 10.3. The van der Waals surface area contributed by atoms with Crippen LogP contribution in [0.1, 0.15) is 19.3 Å². The van der Waals surface area contributed by atoms with Gasteiger partial charge < -0.3 is 9.47 Å². The first-order valence-corrected chi connectivity index (χ1v) is 5.20. The van der Waals surface area contributed by atoms with Crippen molar-refractivity contribution < 1.29 is 13.9 Å². The minimum atomic E-state index is -0.258. The molecule has 84 valence electrons. The molecule has 0 bridgehead atoms. The topological polar surface area (TPSA) is 18.5 Å². The van der Waals surface area contributed by atoms with Crippen molar-refractivity contribution in [1.29, 1.82) is 0 Å². The molecule has 0 aromatic heterocycles. The van der Waals surface area contributed by atoms with Crippen LogP contribution in [0.5, 0.6) is 5.75 Å². The summed E-state index contributed by atoms with van der Waals surface area (Å²) in [4.78, 5) is 0. The first-order valence-electron chi connectivity index (χ1n) is 5.20. The predicted octanol–water partition coefficient (Wildman–Crippen LogP) is 3.02. The minimum Gasteiger partial charge on any atom is -0.493 e. The van der Waals surface area contributed by atoms with Gasteiger partial charge in [-0.25, -0.2) is 4.39 Å². The number of halogens is 1. The standard InChI is InChI=1S/C12H17FO2/c1-14-8-3-2-4-9-15-12-7-5-6-11(13)10-12/h5-7,10H,2-4,8-9H2,1H3. The molecule has 15 heavy (non-hydrogen) atoms. The van der Waals surface area contributed by atoms with Gasteiger partial charge in [-0.1, -0.05) is 6.07 Å². The molecule has 0 N–H and O–H groups in total. The SMILES string of the molecule is COCCCCCOc1cccc(F)c1. The van der Waals surface area contributed by atoms with Crippen molar-refractivity contribution in [3.63, 3.8) is 0 Å². The number of rotatable bonds is 7. The Morgan fingerprint density at radius 1 is 1.13 bits per heavy atom. The maximum absolute atomic E-state index is 12.7. The average molecular weight is 212 g/mol. The Morgan fingerprint density at radius 2 is 1.93 bits per heavy atom. The lowest BCUT2D eigenvalue weighted by Gasteiger charge is -2.05. The van der Waals surface area contributed by atoms with Crippen molar-refractivity contribution in [2.45, 2.75) is 19.3 Å². The second kappa shape index (κ2) is 7.23. The van der Waals surface area contributed by atoms with E-state index < -0.39 is 0 Å². The molecule has 1 aromatic carbocycles. The van der Waals surface area contributed by atoms with Crippen LogP contribution in [0.3, 0.4) is 0 Å². The number of unbranched alkanes of at least 4 members (excludes halogenated alkanes) is 2. The van der Waals surface area contributed by atoms with Crippen molar-refractivity contribution in [3.05, 3.63) is 30.1 Å².